The lowest BCUT2D eigenvalue weighted by Crippen LogP contribution is -2.46. The first-order valence-electron chi connectivity index (χ1n) is 6.16. The molecule has 0 aliphatic carbocycles. The fourth-order valence-corrected chi connectivity index (χ4v) is 1.61. The van der Waals surface area contributed by atoms with E-state index in [2.05, 4.69) is 17.2 Å². The van der Waals surface area contributed by atoms with Crippen molar-refractivity contribution >= 4 is 12.0 Å². The molecular weight excluding hydrogens is 263 g/mol. The summed E-state index contributed by atoms with van der Waals surface area (Å²) in [6, 6.07) is 4.66. The van der Waals surface area contributed by atoms with Crippen molar-refractivity contribution < 1.29 is 19.1 Å². The number of benzene rings is 1. The Balaban J connectivity index is 2.38. The fraction of sp³-hybridized carbons (Fsp3) is 0.286. The largest absolute Gasteiger partial charge is 0.480 e. The summed E-state index contributed by atoms with van der Waals surface area (Å²) in [5, 5.41) is 13.6. The van der Waals surface area contributed by atoms with Crippen LogP contribution in [0.1, 0.15) is 12.0 Å². The van der Waals surface area contributed by atoms with E-state index in [1.807, 2.05) is 0 Å². The van der Waals surface area contributed by atoms with Gasteiger partial charge in [0.25, 0.3) is 0 Å². The summed E-state index contributed by atoms with van der Waals surface area (Å²) in [5.41, 5.74) is 0.494. The van der Waals surface area contributed by atoms with Gasteiger partial charge in [-0.05, 0) is 24.5 Å². The molecule has 2 amide bonds. The molecule has 108 valence electrons. The van der Waals surface area contributed by atoms with Gasteiger partial charge in [-0.2, -0.15) is 0 Å². The lowest BCUT2D eigenvalue weighted by molar-refractivity contribution is -0.139. The van der Waals surface area contributed by atoms with E-state index in [1.54, 1.807) is 18.2 Å². The SMILES string of the molecule is C=CCC(NC(=O)NCCc1ccccc1F)C(=O)O. The average molecular weight is 280 g/mol. The summed E-state index contributed by atoms with van der Waals surface area (Å²) in [6.07, 6.45) is 1.88. The second-order valence-corrected chi connectivity index (χ2v) is 4.16. The second kappa shape index (κ2) is 7.93. The molecule has 0 heterocycles. The number of carbonyl (C=O) groups excluding carboxylic acids is 1. The lowest BCUT2D eigenvalue weighted by atomic mass is 10.1. The van der Waals surface area contributed by atoms with E-state index in [9.17, 15) is 14.0 Å². The molecule has 1 rings (SSSR count). The molecule has 0 fully saturated rings. The molecule has 20 heavy (non-hydrogen) atoms. The van der Waals surface area contributed by atoms with Gasteiger partial charge in [0.15, 0.2) is 0 Å². The summed E-state index contributed by atoms with van der Waals surface area (Å²) >= 11 is 0. The molecule has 3 N–H and O–H groups in total. The van der Waals surface area contributed by atoms with Gasteiger partial charge in [0.1, 0.15) is 11.9 Å². The van der Waals surface area contributed by atoms with E-state index < -0.39 is 18.0 Å². The minimum Gasteiger partial charge on any atom is -0.480 e. The van der Waals surface area contributed by atoms with Crippen LogP contribution in [0.5, 0.6) is 0 Å². The molecule has 1 unspecified atom stereocenters. The number of urea groups is 1. The maximum Gasteiger partial charge on any atom is 0.326 e. The number of hydrogen-bond acceptors (Lipinski definition) is 2. The Hall–Kier alpha value is -2.37. The minimum atomic E-state index is -1.13. The van der Waals surface area contributed by atoms with Crippen LogP contribution in [0.25, 0.3) is 0 Å². The molecule has 1 aromatic rings. The molecule has 1 atom stereocenters. The van der Waals surface area contributed by atoms with Crippen LogP contribution in [0.2, 0.25) is 0 Å². The zero-order valence-corrected chi connectivity index (χ0v) is 10.9. The molecule has 1 aromatic carbocycles. The van der Waals surface area contributed by atoms with Gasteiger partial charge in [0, 0.05) is 6.54 Å². The number of carbonyl (C=O) groups is 2. The predicted molar refractivity (Wildman–Crippen MR) is 72.9 cm³/mol. The van der Waals surface area contributed by atoms with Crippen molar-refractivity contribution in [1.29, 1.82) is 0 Å². The van der Waals surface area contributed by atoms with Crippen molar-refractivity contribution in [2.45, 2.75) is 18.9 Å². The van der Waals surface area contributed by atoms with Gasteiger partial charge < -0.3 is 15.7 Å². The lowest BCUT2D eigenvalue weighted by Gasteiger charge is -2.13. The first-order chi connectivity index (χ1) is 9.54. The Kier molecular flexibility index (Phi) is 6.22. The topological polar surface area (TPSA) is 78.4 Å². The maximum absolute atomic E-state index is 13.3. The first kappa shape index (κ1) is 15.7. The van der Waals surface area contributed by atoms with Crippen molar-refractivity contribution in [2.75, 3.05) is 6.54 Å². The van der Waals surface area contributed by atoms with Crippen LogP contribution in [-0.2, 0) is 11.2 Å². The molecule has 0 bridgehead atoms. The van der Waals surface area contributed by atoms with Crippen LogP contribution in [0.15, 0.2) is 36.9 Å². The Morgan fingerprint density at radius 1 is 1.40 bits per heavy atom. The third-order valence-electron chi connectivity index (χ3n) is 2.64. The average Bonchev–Trinajstić information content (AvgIpc) is 2.40. The Morgan fingerprint density at radius 3 is 2.70 bits per heavy atom. The number of amides is 2. The Morgan fingerprint density at radius 2 is 2.10 bits per heavy atom. The Bertz CT molecular complexity index is 491. The third kappa shape index (κ3) is 5.09. The van der Waals surface area contributed by atoms with Crippen molar-refractivity contribution in [1.82, 2.24) is 10.6 Å². The van der Waals surface area contributed by atoms with E-state index in [4.69, 9.17) is 5.11 Å². The van der Waals surface area contributed by atoms with Crippen LogP contribution < -0.4 is 10.6 Å². The van der Waals surface area contributed by atoms with Crippen LogP contribution in [0, 0.1) is 5.82 Å². The molecule has 5 nitrogen and oxygen atoms in total. The monoisotopic (exact) mass is 280 g/mol. The van der Waals surface area contributed by atoms with Gasteiger partial charge in [-0.1, -0.05) is 24.3 Å². The van der Waals surface area contributed by atoms with Crippen molar-refractivity contribution in [3.05, 3.63) is 48.3 Å². The summed E-state index contributed by atoms with van der Waals surface area (Å²) in [7, 11) is 0. The first-order valence-corrected chi connectivity index (χ1v) is 6.16. The molecular formula is C14H17FN2O3. The van der Waals surface area contributed by atoms with Gasteiger partial charge in [-0.15, -0.1) is 6.58 Å². The van der Waals surface area contributed by atoms with Gasteiger partial charge in [-0.3, -0.25) is 0 Å². The maximum atomic E-state index is 13.3. The molecule has 0 aliphatic rings. The highest BCUT2D eigenvalue weighted by molar-refractivity contribution is 5.82. The van der Waals surface area contributed by atoms with Crippen molar-refractivity contribution in [2.24, 2.45) is 0 Å². The van der Waals surface area contributed by atoms with E-state index in [0.29, 0.717) is 12.0 Å². The van der Waals surface area contributed by atoms with Crippen molar-refractivity contribution in [3.8, 4) is 0 Å². The van der Waals surface area contributed by atoms with E-state index in [0.717, 1.165) is 0 Å². The minimum absolute atomic E-state index is 0.135. The predicted octanol–water partition coefficient (Wildman–Crippen LogP) is 1.70. The highest BCUT2D eigenvalue weighted by Gasteiger charge is 2.17. The summed E-state index contributed by atoms with van der Waals surface area (Å²) < 4.78 is 13.3. The quantitative estimate of drug-likeness (QED) is 0.665. The van der Waals surface area contributed by atoms with Crippen LogP contribution >= 0.6 is 0 Å². The molecule has 0 radical (unpaired) electrons. The summed E-state index contributed by atoms with van der Waals surface area (Å²) in [5.74, 6) is -1.46. The van der Waals surface area contributed by atoms with Gasteiger partial charge in [0.2, 0.25) is 0 Å². The highest BCUT2D eigenvalue weighted by atomic mass is 19.1. The molecule has 0 saturated heterocycles. The highest BCUT2D eigenvalue weighted by Crippen LogP contribution is 2.06. The zero-order valence-electron chi connectivity index (χ0n) is 10.9. The third-order valence-corrected chi connectivity index (χ3v) is 2.64. The van der Waals surface area contributed by atoms with E-state index >= 15 is 0 Å². The molecule has 0 aromatic heterocycles. The Labute approximate surface area is 116 Å². The molecule has 0 aliphatic heterocycles. The normalized spacial score (nSPS) is 11.4. The zero-order chi connectivity index (χ0) is 15.0. The van der Waals surface area contributed by atoms with Crippen LogP contribution in [0.4, 0.5) is 9.18 Å². The number of hydrogen-bond donors (Lipinski definition) is 3. The van der Waals surface area contributed by atoms with Gasteiger partial charge in [-0.25, -0.2) is 14.0 Å². The van der Waals surface area contributed by atoms with Gasteiger partial charge >= 0.3 is 12.0 Å². The number of halogens is 1. The number of carboxylic acids is 1. The molecule has 6 heteroatoms. The summed E-state index contributed by atoms with van der Waals surface area (Å²) in [4.78, 5) is 22.3. The fourth-order valence-electron chi connectivity index (χ4n) is 1.61. The van der Waals surface area contributed by atoms with Crippen LogP contribution in [-0.4, -0.2) is 29.7 Å². The standard InChI is InChI=1S/C14H17FN2O3/c1-2-5-12(13(18)19)17-14(20)16-9-8-10-6-3-4-7-11(10)15/h2-4,6-7,12H,1,5,8-9H2,(H,18,19)(H2,16,17,20). The number of nitrogens with one attached hydrogen (secondary N) is 2. The molecule has 0 spiro atoms. The molecule has 0 saturated carbocycles. The smallest absolute Gasteiger partial charge is 0.326 e. The van der Waals surface area contributed by atoms with E-state index in [-0.39, 0.29) is 18.8 Å². The van der Waals surface area contributed by atoms with Gasteiger partial charge in [0.05, 0.1) is 0 Å². The number of carboxylic acid groups (broad SMARTS) is 1. The number of aliphatic carboxylic acids is 1. The summed E-state index contributed by atoms with van der Waals surface area (Å²) in [6.45, 7) is 3.64. The van der Waals surface area contributed by atoms with Crippen molar-refractivity contribution in [3.63, 3.8) is 0 Å². The second-order valence-electron chi connectivity index (χ2n) is 4.16. The van der Waals surface area contributed by atoms with Crippen LogP contribution in [0.3, 0.4) is 0 Å². The number of rotatable bonds is 7. The van der Waals surface area contributed by atoms with E-state index in [1.165, 1.54) is 12.1 Å².